The number of carboxylic acids is 1. The monoisotopic (exact) mass is 259 g/mol. The molecule has 0 aliphatic rings. The lowest BCUT2D eigenvalue weighted by Crippen LogP contribution is -2.24. The number of carboxylic acid groups (broad SMARTS) is 1. The number of anilines is 1. The standard InChI is InChI=1S/C12H15F2NO3/c1-3-18-7-6-15(2)9-5-4-8(12(16)17)10(13)11(9)14/h4-5H,3,6-7H2,1-2H3,(H,16,17). The number of halogens is 2. The largest absolute Gasteiger partial charge is 0.478 e. The average molecular weight is 259 g/mol. The highest BCUT2D eigenvalue weighted by Crippen LogP contribution is 2.23. The van der Waals surface area contributed by atoms with Crippen molar-refractivity contribution in [2.24, 2.45) is 0 Å². The maximum Gasteiger partial charge on any atom is 0.338 e. The summed E-state index contributed by atoms with van der Waals surface area (Å²) in [6.45, 7) is 3.15. The predicted octanol–water partition coefficient (Wildman–Crippen LogP) is 2.14. The van der Waals surface area contributed by atoms with Crippen LogP contribution in [0.15, 0.2) is 12.1 Å². The van der Waals surface area contributed by atoms with E-state index < -0.39 is 23.2 Å². The normalized spacial score (nSPS) is 10.4. The average Bonchev–Trinajstić information content (AvgIpc) is 2.32. The van der Waals surface area contributed by atoms with Gasteiger partial charge in [0.2, 0.25) is 0 Å². The van der Waals surface area contributed by atoms with Gasteiger partial charge in [0.1, 0.15) is 0 Å². The second-order valence-electron chi connectivity index (χ2n) is 3.68. The molecule has 0 radical (unpaired) electrons. The summed E-state index contributed by atoms with van der Waals surface area (Å²) in [6, 6.07) is 2.29. The van der Waals surface area contributed by atoms with E-state index in [1.807, 2.05) is 6.92 Å². The highest BCUT2D eigenvalue weighted by Gasteiger charge is 2.19. The molecule has 0 atom stereocenters. The van der Waals surface area contributed by atoms with Gasteiger partial charge in [-0.2, -0.15) is 0 Å². The molecule has 0 aliphatic heterocycles. The van der Waals surface area contributed by atoms with Gasteiger partial charge in [-0.3, -0.25) is 0 Å². The van der Waals surface area contributed by atoms with E-state index in [0.29, 0.717) is 19.8 Å². The molecule has 0 saturated carbocycles. The molecule has 6 heteroatoms. The highest BCUT2D eigenvalue weighted by molar-refractivity contribution is 5.88. The molecule has 0 saturated heterocycles. The molecule has 1 rings (SSSR count). The fourth-order valence-corrected chi connectivity index (χ4v) is 1.47. The van der Waals surface area contributed by atoms with Gasteiger partial charge in [0.15, 0.2) is 11.6 Å². The van der Waals surface area contributed by atoms with E-state index in [0.717, 1.165) is 6.07 Å². The van der Waals surface area contributed by atoms with Gasteiger partial charge in [-0.1, -0.05) is 0 Å². The number of carbonyl (C=O) groups is 1. The molecule has 0 unspecified atom stereocenters. The van der Waals surface area contributed by atoms with Crippen LogP contribution in [0.25, 0.3) is 0 Å². The molecule has 0 heterocycles. The van der Waals surface area contributed by atoms with Crippen LogP contribution in [0, 0.1) is 11.6 Å². The topological polar surface area (TPSA) is 49.8 Å². The third-order valence-electron chi connectivity index (χ3n) is 2.48. The van der Waals surface area contributed by atoms with Gasteiger partial charge in [0.25, 0.3) is 0 Å². The first-order valence-electron chi connectivity index (χ1n) is 5.49. The Morgan fingerprint density at radius 2 is 2.06 bits per heavy atom. The van der Waals surface area contributed by atoms with Crippen molar-refractivity contribution in [2.45, 2.75) is 6.92 Å². The second-order valence-corrected chi connectivity index (χ2v) is 3.68. The fourth-order valence-electron chi connectivity index (χ4n) is 1.47. The fraction of sp³-hybridized carbons (Fsp3) is 0.417. The molecule has 0 bridgehead atoms. The molecule has 1 aromatic rings. The molecule has 0 aliphatic carbocycles. The van der Waals surface area contributed by atoms with Crippen LogP contribution in [0.3, 0.4) is 0 Å². The number of likely N-dealkylation sites (N-methyl/N-ethyl adjacent to an activating group) is 1. The van der Waals surface area contributed by atoms with E-state index in [9.17, 15) is 13.6 Å². The SMILES string of the molecule is CCOCCN(C)c1ccc(C(=O)O)c(F)c1F. The maximum atomic E-state index is 13.7. The van der Waals surface area contributed by atoms with Gasteiger partial charge in [-0.05, 0) is 19.1 Å². The number of rotatable bonds is 6. The van der Waals surface area contributed by atoms with Crippen molar-refractivity contribution in [3.63, 3.8) is 0 Å². The van der Waals surface area contributed by atoms with Gasteiger partial charge in [-0.15, -0.1) is 0 Å². The molecule has 1 N–H and O–H groups in total. The second kappa shape index (κ2) is 6.30. The van der Waals surface area contributed by atoms with Crippen molar-refractivity contribution >= 4 is 11.7 Å². The molecule has 4 nitrogen and oxygen atoms in total. The van der Waals surface area contributed by atoms with Crippen LogP contribution in [0.1, 0.15) is 17.3 Å². The van der Waals surface area contributed by atoms with Crippen molar-refractivity contribution in [3.05, 3.63) is 29.3 Å². The van der Waals surface area contributed by atoms with Crippen LogP contribution in [-0.4, -0.2) is 37.9 Å². The zero-order valence-corrected chi connectivity index (χ0v) is 10.2. The lowest BCUT2D eigenvalue weighted by molar-refractivity contribution is 0.0690. The van der Waals surface area contributed by atoms with E-state index in [-0.39, 0.29) is 5.69 Å². The summed E-state index contributed by atoms with van der Waals surface area (Å²) in [5, 5.41) is 8.65. The van der Waals surface area contributed by atoms with Crippen LogP contribution in [0.5, 0.6) is 0 Å². The zero-order chi connectivity index (χ0) is 13.7. The number of hydrogen-bond acceptors (Lipinski definition) is 3. The minimum atomic E-state index is -1.49. The first-order valence-corrected chi connectivity index (χ1v) is 5.49. The number of hydrogen-bond donors (Lipinski definition) is 1. The summed E-state index contributed by atoms with van der Waals surface area (Å²) in [7, 11) is 1.58. The lowest BCUT2D eigenvalue weighted by atomic mass is 10.1. The third-order valence-corrected chi connectivity index (χ3v) is 2.48. The molecule has 0 spiro atoms. The molecule has 0 fully saturated rings. The Labute approximate surface area is 104 Å². The first-order chi connectivity index (χ1) is 8.49. The lowest BCUT2D eigenvalue weighted by Gasteiger charge is -2.20. The van der Waals surface area contributed by atoms with Crippen LogP contribution in [0.4, 0.5) is 14.5 Å². The predicted molar refractivity (Wildman–Crippen MR) is 63.1 cm³/mol. The van der Waals surface area contributed by atoms with Crippen LogP contribution < -0.4 is 4.90 Å². The first kappa shape index (κ1) is 14.4. The maximum absolute atomic E-state index is 13.7. The van der Waals surface area contributed by atoms with Crippen LogP contribution in [0.2, 0.25) is 0 Å². The van der Waals surface area contributed by atoms with E-state index in [1.165, 1.54) is 11.0 Å². The minimum Gasteiger partial charge on any atom is -0.478 e. The minimum absolute atomic E-state index is 0.0113. The van der Waals surface area contributed by atoms with Crippen molar-refractivity contribution in [1.82, 2.24) is 0 Å². The van der Waals surface area contributed by atoms with E-state index in [1.54, 1.807) is 7.05 Å². The van der Waals surface area contributed by atoms with Crippen molar-refractivity contribution < 1.29 is 23.4 Å². The molecule has 0 amide bonds. The van der Waals surface area contributed by atoms with E-state index in [4.69, 9.17) is 9.84 Å². The van der Waals surface area contributed by atoms with Gasteiger partial charge in [0, 0.05) is 20.2 Å². The number of benzene rings is 1. The van der Waals surface area contributed by atoms with Gasteiger partial charge >= 0.3 is 5.97 Å². The Balaban J connectivity index is 2.90. The Bertz CT molecular complexity index is 438. The van der Waals surface area contributed by atoms with Crippen LogP contribution in [-0.2, 0) is 4.74 Å². The van der Waals surface area contributed by atoms with Gasteiger partial charge in [-0.25, -0.2) is 13.6 Å². The Kier molecular flexibility index (Phi) is 5.03. The Hall–Kier alpha value is -1.69. The van der Waals surface area contributed by atoms with Crippen molar-refractivity contribution in [1.29, 1.82) is 0 Å². The Morgan fingerprint density at radius 3 is 2.61 bits per heavy atom. The third kappa shape index (κ3) is 3.16. The summed E-state index contributed by atoms with van der Waals surface area (Å²) in [4.78, 5) is 12.1. The summed E-state index contributed by atoms with van der Waals surface area (Å²) >= 11 is 0. The van der Waals surface area contributed by atoms with Crippen LogP contribution >= 0.6 is 0 Å². The molecule has 100 valence electrons. The summed E-state index contributed by atoms with van der Waals surface area (Å²) in [6.07, 6.45) is 0. The summed E-state index contributed by atoms with van der Waals surface area (Å²) < 4.78 is 32.2. The van der Waals surface area contributed by atoms with Gasteiger partial charge < -0.3 is 14.7 Å². The molecule has 1 aromatic carbocycles. The molecular formula is C12H15F2NO3. The van der Waals surface area contributed by atoms with Crippen molar-refractivity contribution in [2.75, 3.05) is 31.7 Å². The summed E-state index contributed by atoms with van der Waals surface area (Å²) in [5.74, 6) is -3.99. The number of ether oxygens (including phenoxy) is 1. The number of nitrogens with zero attached hydrogens (tertiary/aromatic N) is 1. The molecule has 0 aromatic heterocycles. The molecular weight excluding hydrogens is 244 g/mol. The quantitative estimate of drug-likeness (QED) is 0.795. The Morgan fingerprint density at radius 1 is 1.39 bits per heavy atom. The zero-order valence-electron chi connectivity index (χ0n) is 10.2. The van der Waals surface area contributed by atoms with E-state index >= 15 is 0 Å². The van der Waals surface area contributed by atoms with Gasteiger partial charge in [0.05, 0.1) is 17.9 Å². The highest BCUT2D eigenvalue weighted by atomic mass is 19.2. The molecule has 18 heavy (non-hydrogen) atoms. The number of aromatic carboxylic acids is 1. The van der Waals surface area contributed by atoms with E-state index in [2.05, 4.69) is 0 Å². The smallest absolute Gasteiger partial charge is 0.338 e. The van der Waals surface area contributed by atoms with Crippen molar-refractivity contribution in [3.8, 4) is 0 Å². The summed E-state index contributed by atoms with van der Waals surface area (Å²) in [5.41, 5.74) is -0.660.